The van der Waals surface area contributed by atoms with Crippen molar-refractivity contribution < 1.29 is 14.6 Å². The third-order valence-corrected chi connectivity index (χ3v) is 4.02. The molecular weight excluding hydrogens is 252 g/mol. The zero-order valence-corrected chi connectivity index (χ0v) is 11.5. The van der Waals surface area contributed by atoms with Crippen molar-refractivity contribution in [1.29, 1.82) is 0 Å². The molecular formula is C14H19ClO3. The average molecular weight is 271 g/mol. The fourth-order valence-corrected chi connectivity index (χ4v) is 2.81. The minimum absolute atomic E-state index is 0.116. The van der Waals surface area contributed by atoms with Crippen molar-refractivity contribution in [3.63, 3.8) is 0 Å². The second-order valence-electron chi connectivity index (χ2n) is 4.83. The van der Waals surface area contributed by atoms with Gasteiger partial charge in [0, 0.05) is 13.5 Å². The molecule has 0 amide bonds. The Bertz CT molecular complexity index is 422. The van der Waals surface area contributed by atoms with Crippen LogP contribution in [0.2, 0.25) is 5.02 Å². The lowest BCUT2D eigenvalue weighted by atomic mass is 9.78. The van der Waals surface area contributed by atoms with Gasteiger partial charge in [0.05, 0.1) is 23.8 Å². The SMILES string of the molecule is COc1cc(C2(O)CCCC(OC)C2)ccc1Cl. The zero-order chi connectivity index (χ0) is 13.2. The first-order valence-corrected chi connectivity index (χ1v) is 6.56. The molecule has 0 heterocycles. The number of benzene rings is 1. The Kier molecular flexibility index (Phi) is 4.15. The molecule has 4 heteroatoms. The van der Waals surface area contributed by atoms with Crippen LogP contribution in [0, 0.1) is 0 Å². The molecule has 1 N–H and O–H groups in total. The quantitative estimate of drug-likeness (QED) is 0.917. The molecule has 1 fully saturated rings. The monoisotopic (exact) mass is 270 g/mol. The Balaban J connectivity index is 2.28. The van der Waals surface area contributed by atoms with Crippen molar-refractivity contribution in [3.8, 4) is 5.75 Å². The minimum Gasteiger partial charge on any atom is -0.495 e. The average Bonchev–Trinajstić information content (AvgIpc) is 2.39. The molecule has 1 aromatic rings. The van der Waals surface area contributed by atoms with Gasteiger partial charge in [-0.05, 0) is 37.0 Å². The third-order valence-electron chi connectivity index (χ3n) is 3.70. The molecule has 1 aliphatic rings. The van der Waals surface area contributed by atoms with Gasteiger partial charge >= 0.3 is 0 Å². The fourth-order valence-electron chi connectivity index (χ4n) is 2.62. The van der Waals surface area contributed by atoms with Gasteiger partial charge in [-0.15, -0.1) is 0 Å². The normalized spacial score (nSPS) is 28.1. The maximum atomic E-state index is 10.8. The first-order valence-electron chi connectivity index (χ1n) is 6.18. The van der Waals surface area contributed by atoms with E-state index in [2.05, 4.69) is 0 Å². The highest BCUT2D eigenvalue weighted by atomic mass is 35.5. The van der Waals surface area contributed by atoms with Gasteiger partial charge in [-0.25, -0.2) is 0 Å². The van der Waals surface area contributed by atoms with E-state index in [4.69, 9.17) is 21.1 Å². The summed E-state index contributed by atoms with van der Waals surface area (Å²) in [6.07, 6.45) is 3.44. The molecule has 3 nitrogen and oxygen atoms in total. The Morgan fingerprint density at radius 1 is 1.39 bits per heavy atom. The van der Waals surface area contributed by atoms with Crippen molar-refractivity contribution in [2.45, 2.75) is 37.4 Å². The first-order chi connectivity index (χ1) is 8.59. The summed E-state index contributed by atoms with van der Waals surface area (Å²) in [4.78, 5) is 0. The molecule has 0 radical (unpaired) electrons. The van der Waals surface area contributed by atoms with Crippen molar-refractivity contribution in [3.05, 3.63) is 28.8 Å². The Hall–Kier alpha value is -0.770. The summed E-state index contributed by atoms with van der Waals surface area (Å²) in [5.74, 6) is 0.599. The number of hydrogen-bond donors (Lipinski definition) is 1. The molecule has 1 aliphatic carbocycles. The van der Waals surface area contributed by atoms with Crippen LogP contribution in [-0.2, 0) is 10.3 Å². The van der Waals surface area contributed by atoms with Crippen LogP contribution < -0.4 is 4.74 Å². The van der Waals surface area contributed by atoms with Crippen LogP contribution in [0.25, 0.3) is 0 Å². The standard InChI is InChI=1S/C14H19ClO3/c1-17-11-4-3-7-14(16,9-11)10-5-6-12(15)13(8-10)18-2/h5-6,8,11,16H,3-4,7,9H2,1-2H3. The van der Waals surface area contributed by atoms with Crippen molar-refractivity contribution in [1.82, 2.24) is 0 Å². The van der Waals surface area contributed by atoms with Gasteiger partial charge in [-0.2, -0.15) is 0 Å². The van der Waals surface area contributed by atoms with Crippen LogP contribution in [0.15, 0.2) is 18.2 Å². The molecule has 0 saturated heterocycles. The first kappa shape index (κ1) is 13.7. The minimum atomic E-state index is -0.837. The van der Waals surface area contributed by atoms with Crippen LogP contribution in [0.5, 0.6) is 5.75 Å². The molecule has 2 atom stereocenters. The van der Waals surface area contributed by atoms with Gasteiger partial charge in [0.2, 0.25) is 0 Å². The summed E-state index contributed by atoms with van der Waals surface area (Å²) < 4.78 is 10.6. The Morgan fingerprint density at radius 3 is 2.83 bits per heavy atom. The van der Waals surface area contributed by atoms with E-state index in [-0.39, 0.29) is 6.10 Å². The molecule has 0 aliphatic heterocycles. The highest BCUT2D eigenvalue weighted by Gasteiger charge is 2.36. The van der Waals surface area contributed by atoms with E-state index in [0.717, 1.165) is 24.8 Å². The maximum absolute atomic E-state index is 10.8. The molecule has 0 aromatic heterocycles. The number of methoxy groups -OCH3 is 2. The summed E-state index contributed by atoms with van der Waals surface area (Å²) in [6.45, 7) is 0. The molecule has 18 heavy (non-hydrogen) atoms. The summed E-state index contributed by atoms with van der Waals surface area (Å²) >= 11 is 6.01. The molecule has 1 aromatic carbocycles. The second-order valence-corrected chi connectivity index (χ2v) is 5.24. The van der Waals surface area contributed by atoms with Crippen LogP contribution in [0.4, 0.5) is 0 Å². The molecule has 1 saturated carbocycles. The van der Waals surface area contributed by atoms with Gasteiger partial charge in [0.15, 0.2) is 0 Å². The van der Waals surface area contributed by atoms with Crippen LogP contribution in [0.3, 0.4) is 0 Å². The van der Waals surface area contributed by atoms with Gasteiger partial charge in [-0.3, -0.25) is 0 Å². The summed E-state index contributed by atoms with van der Waals surface area (Å²) in [7, 11) is 3.27. The third kappa shape index (κ3) is 2.63. The predicted octanol–water partition coefficient (Wildman–Crippen LogP) is 3.13. The summed E-state index contributed by atoms with van der Waals surface area (Å²) in [5, 5.41) is 11.3. The second kappa shape index (κ2) is 5.47. The number of ether oxygens (including phenoxy) is 2. The molecule has 100 valence electrons. The van der Waals surface area contributed by atoms with E-state index in [1.165, 1.54) is 0 Å². The van der Waals surface area contributed by atoms with Crippen molar-refractivity contribution in [2.24, 2.45) is 0 Å². The highest BCUT2D eigenvalue weighted by molar-refractivity contribution is 6.32. The lowest BCUT2D eigenvalue weighted by Gasteiger charge is -2.36. The number of aliphatic hydroxyl groups is 1. The van der Waals surface area contributed by atoms with Gasteiger partial charge in [0.1, 0.15) is 5.75 Å². The van der Waals surface area contributed by atoms with Gasteiger partial charge in [-0.1, -0.05) is 17.7 Å². The maximum Gasteiger partial charge on any atom is 0.137 e. The largest absolute Gasteiger partial charge is 0.495 e. The molecule has 0 bridgehead atoms. The lowest BCUT2D eigenvalue weighted by Crippen LogP contribution is -2.35. The van der Waals surface area contributed by atoms with Crippen LogP contribution >= 0.6 is 11.6 Å². The highest BCUT2D eigenvalue weighted by Crippen LogP contribution is 2.40. The number of halogens is 1. The Labute approximate surface area is 113 Å². The van der Waals surface area contributed by atoms with E-state index in [9.17, 15) is 5.11 Å². The summed E-state index contributed by atoms with van der Waals surface area (Å²) in [5.41, 5.74) is 0.0158. The van der Waals surface area contributed by atoms with Crippen molar-refractivity contribution in [2.75, 3.05) is 14.2 Å². The Morgan fingerprint density at radius 2 is 2.17 bits per heavy atom. The number of rotatable bonds is 3. The lowest BCUT2D eigenvalue weighted by molar-refractivity contribution is -0.0632. The van der Waals surface area contributed by atoms with Gasteiger partial charge < -0.3 is 14.6 Å². The van der Waals surface area contributed by atoms with Crippen LogP contribution in [-0.4, -0.2) is 25.4 Å². The van der Waals surface area contributed by atoms with Crippen LogP contribution in [0.1, 0.15) is 31.2 Å². The van der Waals surface area contributed by atoms with Gasteiger partial charge in [0.25, 0.3) is 0 Å². The zero-order valence-electron chi connectivity index (χ0n) is 10.8. The van der Waals surface area contributed by atoms with E-state index in [0.29, 0.717) is 17.2 Å². The smallest absolute Gasteiger partial charge is 0.137 e. The molecule has 0 spiro atoms. The number of hydrogen-bond acceptors (Lipinski definition) is 3. The topological polar surface area (TPSA) is 38.7 Å². The van der Waals surface area contributed by atoms with E-state index in [1.54, 1.807) is 20.3 Å². The summed E-state index contributed by atoms with van der Waals surface area (Å²) in [6, 6.07) is 5.45. The predicted molar refractivity (Wildman–Crippen MR) is 71.2 cm³/mol. The molecule has 2 rings (SSSR count). The van der Waals surface area contributed by atoms with E-state index >= 15 is 0 Å². The fraction of sp³-hybridized carbons (Fsp3) is 0.571. The molecule has 2 unspecified atom stereocenters. The van der Waals surface area contributed by atoms with Crippen molar-refractivity contribution >= 4 is 11.6 Å². The van der Waals surface area contributed by atoms with E-state index < -0.39 is 5.60 Å². The van der Waals surface area contributed by atoms with E-state index in [1.807, 2.05) is 12.1 Å².